The lowest BCUT2D eigenvalue weighted by molar-refractivity contribution is -0.131. The van der Waals surface area contributed by atoms with Crippen LogP contribution in [0.1, 0.15) is 41.7 Å². The maximum Gasteiger partial charge on any atom is 0.255 e. The number of amides is 2. The van der Waals surface area contributed by atoms with Gasteiger partial charge in [-0.3, -0.25) is 9.59 Å². The summed E-state index contributed by atoms with van der Waals surface area (Å²) in [5, 5.41) is 2.69. The Morgan fingerprint density at radius 2 is 1.93 bits per heavy atom. The molecule has 1 atom stereocenters. The highest BCUT2D eigenvalue weighted by Crippen LogP contribution is 2.31. The first-order valence-corrected chi connectivity index (χ1v) is 9.15. The summed E-state index contributed by atoms with van der Waals surface area (Å²) < 4.78 is 18.6. The van der Waals surface area contributed by atoms with E-state index in [0.717, 1.165) is 18.4 Å². The molecule has 2 aromatic rings. The van der Waals surface area contributed by atoms with Gasteiger partial charge in [0, 0.05) is 6.54 Å². The van der Waals surface area contributed by atoms with Crippen LogP contribution in [0.25, 0.3) is 0 Å². The Balaban J connectivity index is 1.63. The number of halogens is 1. The average Bonchev–Trinajstić information content (AvgIpc) is 3.17. The van der Waals surface area contributed by atoms with Crippen LogP contribution < -0.4 is 10.1 Å². The van der Waals surface area contributed by atoms with E-state index in [-0.39, 0.29) is 30.2 Å². The molecule has 0 bridgehead atoms. The van der Waals surface area contributed by atoms with Gasteiger partial charge in [0.05, 0.1) is 24.8 Å². The lowest BCUT2D eigenvalue weighted by Crippen LogP contribution is -2.40. The molecule has 1 unspecified atom stereocenters. The van der Waals surface area contributed by atoms with Crippen molar-refractivity contribution in [2.45, 2.75) is 25.8 Å². The molecule has 2 amide bonds. The molecule has 1 fully saturated rings. The molecule has 0 aliphatic carbocycles. The number of ether oxygens (including phenoxy) is 1. The SMILES string of the molecule is CCOc1ccccc1C(=O)NCC(=O)N1CCCC1c1ccc(F)cc1. The highest BCUT2D eigenvalue weighted by molar-refractivity contribution is 5.98. The van der Waals surface area contributed by atoms with Crippen LogP contribution >= 0.6 is 0 Å². The van der Waals surface area contributed by atoms with Crippen molar-refractivity contribution < 1.29 is 18.7 Å². The van der Waals surface area contributed by atoms with Gasteiger partial charge in [0.2, 0.25) is 5.91 Å². The van der Waals surface area contributed by atoms with Crippen LogP contribution in [-0.4, -0.2) is 36.4 Å². The van der Waals surface area contributed by atoms with Gasteiger partial charge in [0.25, 0.3) is 5.91 Å². The quantitative estimate of drug-likeness (QED) is 0.849. The number of carbonyl (C=O) groups is 2. The Hall–Kier alpha value is -2.89. The molecule has 0 spiro atoms. The van der Waals surface area contributed by atoms with Crippen molar-refractivity contribution in [2.24, 2.45) is 0 Å². The molecule has 0 radical (unpaired) electrons. The van der Waals surface area contributed by atoms with E-state index >= 15 is 0 Å². The zero-order valence-corrected chi connectivity index (χ0v) is 15.3. The van der Waals surface area contributed by atoms with Crippen molar-refractivity contribution in [3.8, 4) is 5.75 Å². The van der Waals surface area contributed by atoms with Crippen molar-refractivity contribution in [2.75, 3.05) is 19.7 Å². The predicted molar refractivity (Wildman–Crippen MR) is 100 cm³/mol. The van der Waals surface area contributed by atoms with E-state index in [4.69, 9.17) is 4.74 Å². The third-order valence-corrected chi connectivity index (χ3v) is 4.66. The van der Waals surface area contributed by atoms with Crippen molar-refractivity contribution in [1.82, 2.24) is 10.2 Å². The lowest BCUT2D eigenvalue weighted by Gasteiger charge is -2.25. The summed E-state index contributed by atoms with van der Waals surface area (Å²) in [6.07, 6.45) is 1.72. The predicted octanol–water partition coefficient (Wildman–Crippen LogP) is 3.32. The van der Waals surface area contributed by atoms with E-state index in [1.54, 1.807) is 41.3 Å². The largest absolute Gasteiger partial charge is 0.493 e. The zero-order chi connectivity index (χ0) is 19.2. The molecule has 27 heavy (non-hydrogen) atoms. The summed E-state index contributed by atoms with van der Waals surface area (Å²) >= 11 is 0. The van der Waals surface area contributed by atoms with Crippen LogP contribution in [0.3, 0.4) is 0 Å². The first-order chi connectivity index (χ1) is 13.1. The van der Waals surface area contributed by atoms with Crippen molar-refractivity contribution in [3.63, 3.8) is 0 Å². The fraction of sp³-hybridized carbons (Fsp3) is 0.333. The minimum Gasteiger partial charge on any atom is -0.493 e. The molecule has 142 valence electrons. The monoisotopic (exact) mass is 370 g/mol. The second-order valence-corrected chi connectivity index (χ2v) is 6.41. The summed E-state index contributed by atoms with van der Waals surface area (Å²) in [5.74, 6) is -0.292. The molecule has 3 rings (SSSR count). The van der Waals surface area contributed by atoms with Gasteiger partial charge >= 0.3 is 0 Å². The van der Waals surface area contributed by atoms with Gasteiger partial charge in [0.1, 0.15) is 11.6 Å². The van der Waals surface area contributed by atoms with Crippen molar-refractivity contribution in [3.05, 3.63) is 65.5 Å². The molecule has 0 saturated carbocycles. The normalized spacial score (nSPS) is 16.2. The molecule has 6 heteroatoms. The number of likely N-dealkylation sites (tertiary alicyclic amines) is 1. The lowest BCUT2D eigenvalue weighted by atomic mass is 10.0. The Labute approximate surface area is 158 Å². The molecule has 1 aliphatic heterocycles. The van der Waals surface area contributed by atoms with Crippen LogP contribution in [0.5, 0.6) is 5.75 Å². The topological polar surface area (TPSA) is 58.6 Å². The van der Waals surface area contributed by atoms with Crippen LogP contribution in [0, 0.1) is 5.82 Å². The molecular formula is C21H23FN2O3. The third kappa shape index (κ3) is 4.45. The smallest absolute Gasteiger partial charge is 0.255 e. The van der Waals surface area contributed by atoms with E-state index < -0.39 is 0 Å². The number of para-hydroxylation sites is 1. The van der Waals surface area contributed by atoms with Gasteiger partial charge in [-0.05, 0) is 49.6 Å². The van der Waals surface area contributed by atoms with Gasteiger partial charge in [-0.1, -0.05) is 24.3 Å². The Bertz CT molecular complexity index is 807. The number of carbonyl (C=O) groups excluding carboxylic acids is 2. The fourth-order valence-electron chi connectivity index (χ4n) is 3.38. The summed E-state index contributed by atoms with van der Waals surface area (Å²) in [5.41, 5.74) is 1.32. The first kappa shape index (κ1) is 18.9. The molecular weight excluding hydrogens is 347 g/mol. The number of nitrogens with one attached hydrogen (secondary N) is 1. The van der Waals surface area contributed by atoms with Crippen LogP contribution in [0.2, 0.25) is 0 Å². The Kier molecular flexibility index (Phi) is 6.06. The number of benzene rings is 2. The fourth-order valence-corrected chi connectivity index (χ4v) is 3.38. The van der Waals surface area contributed by atoms with Crippen molar-refractivity contribution in [1.29, 1.82) is 0 Å². The molecule has 1 N–H and O–H groups in total. The summed E-state index contributed by atoms with van der Waals surface area (Å²) in [7, 11) is 0. The Morgan fingerprint density at radius 1 is 1.19 bits per heavy atom. The number of hydrogen-bond donors (Lipinski definition) is 1. The van der Waals surface area contributed by atoms with Gasteiger partial charge < -0.3 is 15.0 Å². The van der Waals surface area contributed by atoms with E-state index in [2.05, 4.69) is 5.32 Å². The van der Waals surface area contributed by atoms with E-state index in [0.29, 0.717) is 24.5 Å². The highest BCUT2D eigenvalue weighted by atomic mass is 19.1. The molecule has 1 heterocycles. The first-order valence-electron chi connectivity index (χ1n) is 9.15. The molecule has 1 aliphatic rings. The van der Waals surface area contributed by atoms with Gasteiger partial charge in [0.15, 0.2) is 0 Å². The van der Waals surface area contributed by atoms with Crippen LogP contribution in [0.4, 0.5) is 4.39 Å². The van der Waals surface area contributed by atoms with Gasteiger partial charge in [-0.15, -0.1) is 0 Å². The van der Waals surface area contributed by atoms with Gasteiger partial charge in [-0.2, -0.15) is 0 Å². The van der Waals surface area contributed by atoms with E-state index in [9.17, 15) is 14.0 Å². The second kappa shape index (κ2) is 8.66. The summed E-state index contributed by atoms with van der Waals surface area (Å²) in [6, 6.07) is 13.1. The van der Waals surface area contributed by atoms with Gasteiger partial charge in [-0.25, -0.2) is 4.39 Å². The maximum absolute atomic E-state index is 13.1. The standard InChI is InChI=1S/C21H23FN2O3/c1-2-27-19-8-4-3-6-17(19)21(26)23-14-20(25)24-13-5-7-18(24)15-9-11-16(22)12-10-15/h3-4,6,8-12,18H,2,5,7,13-14H2,1H3,(H,23,26). The van der Waals surface area contributed by atoms with Crippen molar-refractivity contribution >= 4 is 11.8 Å². The number of nitrogens with zero attached hydrogens (tertiary/aromatic N) is 1. The third-order valence-electron chi connectivity index (χ3n) is 4.66. The molecule has 2 aromatic carbocycles. The minimum absolute atomic E-state index is 0.0780. The molecule has 5 nitrogen and oxygen atoms in total. The molecule has 0 aromatic heterocycles. The Morgan fingerprint density at radius 3 is 2.67 bits per heavy atom. The van der Waals surface area contributed by atoms with E-state index in [1.807, 2.05) is 6.92 Å². The highest BCUT2D eigenvalue weighted by Gasteiger charge is 2.30. The average molecular weight is 370 g/mol. The number of hydrogen-bond acceptors (Lipinski definition) is 3. The number of rotatable bonds is 6. The minimum atomic E-state index is -0.343. The molecule has 1 saturated heterocycles. The van der Waals surface area contributed by atoms with E-state index in [1.165, 1.54) is 12.1 Å². The van der Waals surface area contributed by atoms with Crippen LogP contribution in [-0.2, 0) is 4.79 Å². The second-order valence-electron chi connectivity index (χ2n) is 6.41. The summed E-state index contributed by atoms with van der Waals surface area (Å²) in [6.45, 7) is 2.85. The van der Waals surface area contributed by atoms with Crippen LogP contribution in [0.15, 0.2) is 48.5 Å². The zero-order valence-electron chi connectivity index (χ0n) is 15.3. The maximum atomic E-state index is 13.1. The summed E-state index contributed by atoms with van der Waals surface area (Å²) in [4.78, 5) is 26.8.